The fraction of sp³-hybridized carbons (Fsp3) is 0.200. The number of anilines is 1. The van der Waals surface area contributed by atoms with E-state index in [-0.39, 0.29) is 15.5 Å². The number of nitrogens with one attached hydrogen (secondary N) is 1. The molecule has 0 saturated carbocycles. The maximum atomic E-state index is 12.3. The molecule has 0 heterocycles. The number of hydrogen-bond donors (Lipinski definition) is 1. The molecule has 1 N–H and O–H groups in total. The van der Waals surface area contributed by atoms with Crippen LogP contribution >= 0.6 is 0 Å². The summed E-state index contributed by atoms with van der Waals surface area (Å²) in [5.41, 5.74) is 0.267. The van der Waals surface area contributed by atoms with Gasteiger partial charge >= 0.3 is 0 Å². The zero-order chi connectivity index (χ0) is 18.0. The zero-order valence-corrected chi connectivity index (χ0v) is 15.1. The first-order valence-corrected chi connectivity index (χ1v) is 9.78. The van der Waals surface area contributed by atoms with Gasteiger partial charge in [-0.15, -0.1) is 0 Å². The fourth-order valence-electron chi connectivity index (χ4n) is 1.87. The predicted molar refractivity (Wildman–Crippen MR) is 91.1 cm³/mol. The summed E-state index contributed by atoms with van der Waals surface area (Å²) >= 11 is 0. The van der Waals surface area contributed by atoms with Crippen LogP contribution in [0.3, 0.4) is 0 Å². The predicted octanol–water partition coefficient (Wildman–Crippen LogP) is 1.75. The van der Waals surface area contributed by atoms with Crippen molar-refractivity contribution in [3.63, 3.8) is 0 Å². The lowest BCUT2D eigenvalue weighted by Crippen LogP contribution is -2.22. The Bertz CT molecular complexity index is 903. The van der Waals surface area contributed by atoms with Crippen molar-refractivity contribution in [2.45, 2.75) is 9.79 Å². The molecule has 0 atom stereocenters. The van der Waals surface area contributed by atoms with Crippen LogP contribution in [0.4, 0.5) is 5.69 Å². The van der Waals surface area contributed by atoms with E-state index in [1.165, 1.54) is 57.6 Å². The van der Waals surface area contributed by atoms with E-state index < -0.39 is 20.0 Å². The number of methoxy groups -OCH3 is 1. The highest BCUT2D eigenvalue weighted by molar-refractivity contribution is 7.92. The van der Waals surface area contributed by atoms with E-state index in [1.54, 1.807) is 12.1 Å². The maximum Gasteiger partial charge on any atom is 0.261 e. The SMILES string of the molecule is COc1ccc(S(=O)(=O)Nc2ccc(S(=O)(=O)N(C)C)cc2)cc1. The minimum absolute atomic E-state index is 0.0771. The van der Waals surface area contributed by atoms with Crippen molar-refractivity contribution in [2.24, 2.45) is 0 Å². The fourth-order valence-corrected chi connectivity index (χ4v) is 3.84. The van der Waals surface area contributed by atoms with E-state index in [0.29, 0.717) is 5.75 Å². The first-order chi connectivity index (χ1) is 11.2. The van der Waals surface area contributed by atoms with Gasteiger partial charge in [-0.05, 0) is 48.5 Å². The Kier molecular flexibility index (Phi) is 5.16. The Balaban J connectivity index is 2.24. The third-order valence-electron chi connectivity index (χ3n) is 3.25. The molecule has 0 saturated heterocycles. The standard InChI is InChI=1S/C15H18N2O5S2/c1-17(2)24(20,21)15-8-4-12(5-9-15)16-23(18,19)14-10-6-13(22-3)7-11-14/h4-11,16H,1-3H3. The van der Waals surface area contributed by atoms with E-state index in [9.17, 15) is 16.8 Å². The highest BCUT2D eigenvalue weighted by Crippen LogP contribution is 2.21. The first kappa shape index (κ1) is 18.2. The first-order valence-electron chi connectivity index (χ1n) is 6.86. The van der Waals surface area contributed by atoms with Crippen molar-refractivity contribution in [2.75, 3.05) is 25.9 Å². The van der Waals surface area contributed by atoms with Crippen LogP contribution in [0, 0.1) is 0 Å². The van der Waals surface area contributed by atoms with Crippen LogP contribution in [0.5, 0.6) is 5.75 Å². The van der Waals surface area contributed by atoms with Gasteiger partial charge in [0.1, 0.15) is 5.75 Å². The summed E-state index contributed by atoms with van der Waals surface area (Å²) in [5, 5.41) is 0. The molecule has 0 radical (unpaired) electrons. The van der Waals surface area contributed by atoms with Gasteiger partial charge in [-0.25, -0.2) is 21.1 Å². The molecule has 0 fully saturated rings. The summed E-state index contributed by atoms with van der Waals surface area (Å²) in [5.74, 6) is 0.548. The van der Waals surface area contributed by atoms with Crippen LogP contribution in [0.1, 0.15) is 0 Å². The van der Waals surface area contributed by atoms with Gasteiger partial charge in [0.25, 0.3) is 10.0 Å². The normalized spacial score (nSPS) is 12.2. The summed E-state index contributed by atoms with van der Waals surface area (Å²) in [7, 11) is -2.98. The van der Waals surface area contributed by atoms with Crippen molar-refractivity contribution in [3.8, 4) is 5.75 Å². The molecule has 24 heavy (non-hydrogen) atoms. The van der Waals surface area contributed by atoms with Gasteiger partial charge in [0.05, 0.1) is 16.9 Å². The minimum Gasteiger partial charge on any atom is -0.497 e. The number of ether oxygens (including phenoxy) is 1. The van der Waals surface area contributed by atoms with Gasteiger partial charge in [0.2, 0.25) is 10.0 Å². The Labute approximate surface area is 142 Å². The summed E-state index contributed by atoms with van der Waals surface area (Å²) in [6.45, 7) is 0. The molecule has 2 aromatic carbocycles. The van der Waals surface area contributed by atoms with Crippen LogP contribution < -0.4 is 9.46 Å². The molecule has 0 aliphatic heterocycles. The molecule has 0 bridgehead atoms. The molecule has 2 aromatic rings. The van der Waals surface area contributed by atoms with Crippen molar-refractivity contribution in [1.82, 2.24) is 4.31 Å². The van der Waals surface area contributed by atoms with Gasteiger partial charge in [-0.2, -0.15) is 0 Å². The lowest BCUT2D eigenvalue weighted by Gasteiger charge is -2.12. The molecule has 130 valence electrons. The number of nitrogens with zero attached hydrogens (tertiary/aromatic N) is 1. The summed E-state index contributed by atoms with van der Waals surface area (Å²) in [6.07, 6.45) is 0. The van der Waals surface area contributed by atoms with Gasteiger partial charge in [-0.1, -0.05) is 0 Å². The smallest absolute Gasteiger partial charge is 0.261 e. The van der Waals surface area contributed by atoms with Gasteiger partial charge in [-0.3, -0.25) is 4.72 Å². The third kappa shape index (κ3) is 3.86. The lowest BCUT2D eigenvalue weighted by molar-refractivity contribution is 0.414. The molecule has 2 rings (SSSR count). The van der Waals surface area contributed by atoms with Crippen LogP contribution in [0.2, 0.25) is 0 Å². The molecule has 9 heteroatoms. The molecular weight excluding hydrogens is 352 g/mol. The highest BCUT2D eigenvalue weighted by atomic mass is 32.2. The Morgan fingerprint density at radius 2 is 1.33 bits per heavy atom. The van der Waals surface area contributed by atoms with Gasteiger partial charge in [0.15, 0.2) is 0 Å². The topological polar surface area (TPSA) is 92.8 Å². The number of hydrogen-bond acceptors (Lipinski definition) is 5. The van der Waals surface area contributed by atoms with Gasteiger partial charge in [0, 0.05) is 19.8 Å². The summed E-state index contributed by atoms with van der Waals surface area (Å²) in [6, 6.07) is 11.4. The minimum atomic E-state index is -3.77. The monoisotopic (exact) mass is 370 g/mol. The molecule has 0 aliphatic rings. The van der Waals surface area contributed by atoms with E-state index in [1.807, 2.05) is 0 Å². The van der Waals surface area contributed by atoms with E-state index >= 15 is 0 Å². The largest absolute Gasteiger partial charge is 0.497 e. The summed E-state index contributed by atoms with van der Waals surface area (Å²) < 4.78 is 57.1. The second-order valence-corrected chi connectivity index (χ2v) is 8.93. The van der Waals surface area contributed by atoms with Crippen molar-refractivity contribution in [3.05, 3.63) is 48.5 Å². The molecular formula is C15H18N2O5S2. The van der Waals surface area contributed by atoms with E-state index in [4.69, 9.17) is 4.74 Å². The quantitative estimate of drug-likeness (QED) is 0.836. The summed E-state index contributed by atoms with van der Waals surface area (Å²) in [4.78, 5) is 0.160. The van der Waals surface area contributed by atoms with E-state index in [0.717, 1.165) is 4.31 Å². The van der Waals surface area contributed by atoms with Crippen LogP contribution in [-0.2, 0) is 20.0 Å². The Morgan fingerprint density at radius 3 is 1.79 bits per heavy atom. The molecule has 0 amide bonds. The number of benzene rings is 2. The number of sulfonamides is 2. The maximum absolute atomic E-state index is 12.3. The molecule has 7 nitrogen and oxygen atoms in total. The number of rotatable bonds is 6. The lowest BCUT2D eigenvalue weighted by atomic mass is 10.3. The van der Waals surface area contributed by atoms with Crippen molar-refractivity contribution in [1.29, 1.82) is 0 Å². The van der Waals surface area contributed by atoms with Gasteiger partial charge < -0.3 is 4.74 Å². The molecule has 0 aromatic heterocycles. The van der Waals surface area contributed by atoms with Crippen LogP contribution in [-0.4, -0.2) is 42.3 Å². The van der Waals surface area contributed by atoms with Crippen LogP contribution in [0.25, 0.3) is 0 Å². The Morgan fingerprint density at radius 1 is 0.833 bits per heavy atom. The van der Waals surface area contributed by atoms with Crippen molar-refractivity contribution >= 4 is 25.7 Å². The van der Waals surface area contributed by atoms with Crippen molar-refractivity contribution < 1.29 is 21.6 Å². The second kappa shape index (κ2) is 6.80. The Hall–Kier alpha value is -2.10. The average Bonchev–Trinajstić information content (AvgIpc) is 2.55. The zero-order valence-electron chi connectivity index (χ0n) is 13.4. The van der Waals surface area contributed by atoms with Crippen LogP contribution in [0.15, 0.2) is 58.3 Å². The second-order valence-electron chi connectivity index (χ2n) is 5.09. The molecule has 0 unspecified atom stereocenters. The highest BCUT2D eigenvalue weighted by Gasteiger charge is 2.18. The third-order valence-corrected chi connectivity index (χ3v) is 6.48. The van der Waals surface area contributed by atoms with E-state index in [2.05, 4.69) is 4.72 Å². The molecule has 0 spiro atoms. The molecule has 0 aliphatic carbocycles. The average molecular weight is 370 g/mol.